The van der Waals surface area contributed by atoms with Crippen molar-refractivity contribution in [1.82, 2.24) is 0 Å². The molecule has 0 unspecified atom stereocenters. The van der Waals surface area contributed by atoms with Crippen LogP contribution in [0.3, 0.4) is 0 Å². The standard InChI is InChI=1S/C12H17ClFNO3S/c13-11-6-5-10(9-12(11)14)18-7-3-1-2-4-8-19(15,16)17/h5-6,9H,1-4,7-8H2,(H2,15,16,17). The van der Waals surface area contributed by atoms with Gasteiger partial charge in [0.2, 0.25) is 10.0 Å². The Balaban J connectivity index is 2.12. The van der Waals surface area contributed by atoms with Crippen LogP contribution in [-0.2, 0) is 10.0 Å². The molecule has 108 valence electrons. The number of unbranched alkanes of at least 4 members (excludes halogenated alkanes) is 3. The van der Waals surface area contributed by atoms with Gasteiger partial charge in [0, 0.05) is 6.07 Å². The van der Waals surface area contributed by atoms with Gasteiger partial charge in [0.15, 0.2) is 0 Å². The second-order valence-electron chi connectivity index (χ2n) is 4.21. The lowest BCUT2D eigenvalue weighted by molar-refractivity contribution is 0.303. The number of primary sulfonamides is 1. The van der Waals surface area contributed by atoms with E-state index >= 15 is 0 Å². The Bertz CT molecular complexity index is 508. The van der Waals surface area contributed by atoms with Crippen molar-refractivity contribution in [3.05, 3.63) is 29.0 Å². The number of sulfonamides is 1. The summed E-state index contributed by atoms with van der Waals surface area (Å²) >= 11 is 5.55. The molecule has 7 heteroatoms. The van der Waals surface area contributed by atoms with E-state index in [1.165, 1.54) is 12.1 Å². The van der Waals surface area contributed by atoms with E-state index in [1.54, 1.807) is 6.07 Å². The molecule has 0 bridgehead atoms. The molecule has 0 atom stereocenters. The van der Waals surface area contributed by atoms with Crippen molar-refractivity contribution < 1.29 is 17.5 Å². The Hall–Kier alpha value is -0.850. The van der Waals surface area contributed by atoms with Crippen LogP contribution in [0.5, 0.6) is 5.75 Å². The Morgan fingerprint density at radius 2 is 1.89 bits per heavy atom. The number of ether oxygens (including phenoxy) is 1. The minimum atomic E-state index is -3.35. The first-order valence-corrected chi connectivity index (χ1v) is 8.06. The predicted molar refractivity (Wildman–Crippen MR) is 73.3 cm³/mol. The fourth-order valence-electron chi connectivity index (χ4n) is 1.52. The van der Waals surface area contributed by atoms with E-state index < -0.39 is 15.8 Å². The Labute approximate surface area is 117 Å². The van der Waals surface area contributed by atoms with Crippen LogP contribution in [-0.4, -0.2) is 20.8 Å². The van der Waals surface area contributed by atoms with Crippen molar-refractivity contribution in [2.24, 2.45) is 5.14 Å². The summed E-state index contributed by atoms with van der Waals surface area (Å²) in [5.41, 5.74) is 0. The van der Waals surface area contributed by atoms with Crippen molar-refractivity contribution in [2.75, 3.05) is 12.4 Å². The van der Waals surface area contributed by atoms with E-state index in [4.69, 9.17) is 21.5 Å². The van der Waals surface area contributed by atoms with E-state index in [0.29, 0.717) is 18.8 Å². The second-order valence-corrected chi connectivity index (χ2v) is 6.35. The molecule has 0 amide bonds. The minimum absolute atomic E-state index is 0.0102. The topological polar surface area (TPSA) is 69.4 Å². The lowest BCUT2D eigenvalue weighted by atomic mass is 10.2. The van der Waals surface area contributed by atoms with Gasteiger partial charge in [0.1, 0.15) is 11.6 Å². The maximum absolute atomic E-state index is 13.1. The average Bonchev–Trinajstić information content (AvgIpc) is 2.31. The summed E-state index contributed by atoms with van der Waals surface area (Å²) in [6, 6.07) is 4.29. The third-order valence-corrected chi connectivity index (χ3v) is 3.65. The molecule has 0 saturated heterocycles. The lowest BCUT2D eigenvalue weighted by Gasteiger charge is -2.06. The van der Waals surface area contributed by atoms with Crippen molar-refractivity contribution in [1.29, 1.82) is 0 Å². The molecule has 1 rings (SSSR count). The summed E-state index contributed by atoms with van der Waals surface area (Å²) in [5.74, 6) is -0.0604. The maximum Gasteiger partial charge on any atom is 0.209 e. The van der Waals surface area contributed by atoms with Crippen LogP contribution in [0, 0.1) is 5.82 Å². The molecule has 0 aliphatic heterocycles. The van der Waals surface area contributed by atoms with Gasteiger partial charge in [-0.2, -0.15) is 0 Å². The van der Waals surface area contributed by atoms with Gasteiger partial charge in [-0.25, -0.2) is 17.9 Å². The number of hydrogen-bond acceptors (Lipinski definition) is 3. The summed E-state index contributed by atoms with van der Waals surface area (Å²) in [7, 11) is -3.35. The van der Waals surface area contributed by atoms with Gasteiger partial charge in [-0.3, -0.25) is 0 Å². The number of nitrogens with two attached hydrogens (primary N) is 1. The molecule has 0 radical (unpaired) electrons. The number of hydrogen-bond donors (Lipinski definition) is 1. The Kier molecular flexibility index (Phi) is 6.54. The minimum Gasteiger partial charge on any atom is -0.493 e. The lowest BCUT2D eigenvalue weighted by Crippen LogP contribution is -2.16. The molecular weight excluding hydrogens is 293 g/mol. The van der Waals surface area contributed by atoms with Crippen molar-refractivity contribution >= 4 is 21.6 Å². The molecule has 19 heavy (non-hydrogen) atoms. The maximum atomic E-state index is 13.1. The average molecular weight is 310 g/mol. The molecule has 1 aromatic rings. The summed E-state index contributed by atoms with van der Waals surface area (Å²) < 4.78 is 39.8. The van der Waals surface area contributed by atoms with Gasteiger partial charge in [-0.05, 0) is 25.0 Å². The largest absolute Gasteiger partial charge is 0.493 e. The van der Waals surface area contributed by atoms with E-state index in [2.05, 4.69) is 0 Å². The summed E-state index contributed by atoms with van der Waals surface area (Å²) in [6.07, 6.45) is 2.93. The highest BCUT2D eigenvalue weighted by molar-refractivity contribution is 7.89. The van der Waals surface area contributed by atoms with Gasteiger partial charge in [-0.1, -0.05) is 24.4 Å². The highest BCUT2D eigenvalue weighted by Crippen LogP contribution is 2.20. The third-order valence-electron chi connectivity index (χ3n) is 2.48. The Morgan fingerprint density at radius 1 is 1.21 bits per heavy atom. The molecule has 0 fully saturated rings. The zero-order valence-corrected chi connectivity index (χ0v) is 12.0. The van der Waals surface area contributed by atoms with E-state index in [-0.39, 0.29) is 10.8 Å². The smallest absolute Gasteiger partial charge is 0.209 e. The van der Waals surface area contributed by atoms with Gasteiger partial charge in [-0.15, -0.1) is 0 Å². The molecule has 0 aliphatic rings. The zero-order valence-electron chi connectivity index (χ0n) is 10.4. The molecule has 1 aromatic carbocycles. The molecule has 0 aliphatic carbocycles. The van der Waals surface area contributed by atoms with Crippen molar-refractivity contribution in [2.45, 2.75) is 25.7 Å². The normalized spacial score (nSPS) is 11.5. The van der Waals surface area contributed by atoms with Gasteiger partial charge < -0.3 is 4.74 Å². The summed E-state index contributed by atoms with van der Waals surface area (Å²) in [5, 5.41) is 4.95. The summed E-state index contributed by atoms with van der Waals surface area (Å²) in [6.45, 7) is 0.455. The van der Waals surface area contributed by atoms with Crippen LogP contribution >= 0.6 is 11.6 Å². The van der Waals surface area contributed by atoms with Crippen LogP contribution in [0.15, 0.2) is 18.2 Å². The number of benzene rings is 1. The molecule has 2 N–H and O–H groups in total. The SMILES string of the molecule is NS(=O)(=O)CCCCCCOc1ccc(Cl)c(F)c1. The number of halogens is 2. The third kappa shape index (κ3) is 7.34. The molecule has 4 nitrogen and oxygen atoms in total. The number of rotatable bonds is 8. The first-order valence-electron chi connectivity index (χ1n) is 5.97. The van der Waals surface area contributed by atoms with E-state index in [0.717, 1.165) is 19.3 Å². The molecule has 0 saturated carbocycles. The second kappa shape index (κ2) is 7.67. The molecule has 0 aromatic heterocycles. The fourth-order valence-corrected chi connectivity index (χ4v) is 2.24. The van der Waals surface area contributed by atoms with Crippen LogP contribution < -0.4 is 9.88 Å². The van der Waals surface area contributed by atoms with E-state index in [9.17, 15) is 12.8 Å². The first-order chi connectivity index (χ1) is 8.88. The monoisotopic (exact) mass is 309 g/mol. The summed E-state index contributed by atoms with van der Waals surface area (Å²) in [4.78, 5) is 0. The fraction of sp³-hybridized carbons (Fsp3) is 0.500. The highest BCUT2D eigenvalue weighted by Gasteiger charge is 2.03. The first kappa shape index (κ1) is 16.2. The molecule has 0 heterocycles. The van der Waals surface area contributed by atoms with Crippen LogP contribution in [0.2, 0.25) is 5.02 Å². The van der Waals surface area contributed by atoms with Gasteiger partial charge >= 0.3 is 0 Å². The highest BCUT2D eigenvalue weighted by atomic mass is 35.5. The zero-order chi connectivity index (χ0) is 14.3. The van der Waals surface area contributed by atoms with Gasteiger partial charge in [0.05, 0.1) is 17.4 Å². The quantitative estimate of drug-likeness (QED) is 0.751. The van der Waals surface area contributed by atoms with Gasteiger partial charge in [0.25, 0.3) is 0 Å². The van der Waals surface area contributed by atoms with Crippen molar-refractivity contribution in [3.63, 3.8) is 0 Å². The molecular formula is C12H17ClFNO3S. The molecule has 0 spiro atoms. The van der Waals surface area contributed by atoms with E-state index in [1.807, 2.05) is 0 Å². The predicted octanol–water partition coefficient (Wildman–Crippen LogP) is 2.71. The van der Waals surface area contributed by atoms with Crippen LogP contribution in [0.1, 0.15) is 25.7 Å². The van der Waals surface area contributed by atoms with Crippen LogP contribution in [0.4, 0.5) is 4.39 Å². The van der Waals surface area contributed by atoms with Crippen LogP contribution in [0.25, 0.3) is 0 Å². The Morgan fingerprint density at radius 3 is 2.53 bits per heavy atom. The van der Waals surface area contributed by atoms with Crippen molar-refractivity contribution in [3.8, 4) is 5.75 Å².